The molecule has 0 bridgehead atoms. The molecule has 2 rings (SSSR count). The van der Waals surface area contributed by atoms with Crippen molar-refractivity contribution in [3.8, 4) is 0 Å². The van der Waals surface area contributed by atoms with Crippen molar-refractivity contribution in [3.63, 3.8) is 0 Å². The Morgan fingerprint density at radius 1 is 1.42 bits per heavy atom. The van der Waals surface area contributed by atoms with E-state index in [1.54, 1.807) is 18.8 Å². The number of hydrogen-bond donors (Lipinski definition) is 1. The second kappa shape index (κ2) is 6.63. The Kier molecular flexibility index (Phi) is 4.60. The fourth-order valence-corrected chi connectivity index (χ4v) is 1.66. The number of aromatic nitrogens is 1. The third kappa shape index (κ3) is 3.87. The van der Waals surface area contributed by atoms with Crippen molar-refractivity contribution in [1.29, 1.82) is 0 Å². The lowest BCUT2D eigenvalue weighted by molar-refractivity contribution is 0.391. The Hall–Kier alpha value is -2.24. The van der Waals surface area contributed by atoms with Crippen LogP contribution in [-0.2, 0) is 13.1 Å². The quantitative estimate of drug-likeness (QED) is 0.658. The Morgan fingerprint density at radius 2 is 2.32 bits per heavy atom. The molecule has 0 unspecified atom stereocenters. The predicted molar refractivity (Wildman–Crippen MR) is 71.5 cm³/mol. The zero-order chi connectivity index (χ0) is 13.5. The van der Waals surface area contributed by atoms with E-state index in [9.17, 15) is 0 Å². The molecule has 0 aliphatic rings. The fourth-order valence-electron chi connectivity index (χ4n) is 1.66. The van der Waals surface area contributed by atoms with Crippen LogP contribution >= 0.6 is 0 Å². The Bertz CT molecular complexity index is 491. The lowest BCUT2D eigenvalue weighted by Gasteiger charge is -2.20. The maximum atomic E-state index is 5.03. The van der Waals surface area contributed by atoms with Gasteiger partial charge in [-0.05, 0) is 13.0 Å². The summed E-state index contributed by atoms with van der Waals surface area (Å²) in [5.74, 6) is 0.826. The van der Waals surface area contributed by atoms with E-state index in [0.717, 1.165) is 23.8 Å². The number of hydrogen-bond acceptors (Lipinski definition) is 4. The van der Waals surface area contributed by atoms with Gasteiger partial charge in [0.15, 0.2) is 5.96 Å². The summed E-state index contributed by atoms with van der Waals surface area (Å²) >= 11 is 0. The molecular weight excluding hydrogens is 244 g/mol. The average molecular weight is 262 g/mol. The minimum absolute atomic E-state index is 0.585. The number of nitrogens with zero attached hydrogens (tertiary/aromatic N) is 3. The summed E-state index contributed by atoms with van der Waals surface area (Å²) in [5, 5.41) is 7.14. The van der Waals surface area contributed by atoms with Gasteiger partial charge in [-0.25, -0.2) is 4.99 Å². The highest BCUT2D eigenvalue weighted by atomic mass is 16.5. The van der Waals surface area contributed by atoms with Crippen LogP contribution in [-0.4, -0.2) is 29.6 Å². The van der Waals surface area contributed by atoms with Crippen molar-refractivity contribution in [2.75, 3.05) is 13.6 Å². The second-order valence-electron chi connectivity index (χ2n) is 4.15. The minimum Gasteiger partial charge on any atom is -0.472 e. The molecule has 0 saturated carbocycles. The van der Waals surface area contributed by atoms with Crippen molar-refractivity contribution in [2.45, 2.75) is 20.0 Å². The zero-order valence-electron chi connectivity index (χ0n) is 11.2. The highest BCUT2D eigenvalue weighted by molar-refractivity contribution is 5.79. The van der Waals surface area contributed by atoms with Gasteiger partial charge in [0, 0.05) is 25.2 Å². The van der Waals surface area contributed by atoms with Crippen LogP contribution in [0.15, 0.2) is 44.9 Å². The molecular formula is C13H18N4O2. The van der Waals surface area contributed by atoms with Gasteiger partial charge in [-0.15, -0.1) is 0 Å². The van der Waals surface area contributed by atoms with Gasteiger partial charge in [0.05, 0.1) is 25.6 Å². The first-order valence-electron chi connectivity index (χ1n) is 6.19. The van der Waals surface area contributed by atoms with Gasteiger partial charge in [0.1, 0.15) is 12.0 Å². The molecule has 1 N–H and O–H groups in total. The lowest BCUT2D eigenvalue weighted by atomic mass is 10.3. The number of nitrogens with one attached hydrogen (secondary N) is 1. The SMILES string of the molecule is CCNC(=NCc1ccoc1)N(C)Cc1ccon1. The van der Waals surface area contributed by atoms with Crippen LogP contribution < -0.4 is 5.32 Å². The summed E-state index contributed by atoms with van der Waals surface area (Å²) in [4.78, 5) is 6.55. The topological polar surface area (TPSA) is 66.8 Å². The lowest BCUT2D eigenvalue weighted by Crippen LogP contribution is -2.38. The van der Waals surface area contributed by atoms with Crippen molar-refractivity contribution < 1.29 is 8.94 Å². The third-order valence-corrected chi connectivity index (χ3v) is 2.58. The van der Waals surface area contributed by atoms with Crippen molar-refractivity contribution in [3.05, 3.63) is 42.2 Å². The van der Waals surface area contributed by atoms with Gasteiger partial charge in [-0.2, -0.15) is 0 Å². The van der Waals surface area contributed by atoms with Crippen LogP contribution in [0, 0.1) is 0 Å². The summed E-state index contributed by atoms with van der Waals surface area (Å²) in [7, 11) is 1.96. The van der Waals surface area contributed by atoms with E-state index in [0.29, 0.717) is 13.1 Å². The molecule has 0 aromatic carbocycles. The van der Waals surface area contributed by atoms with Gasteiger partial charge in [-0.3, -0.25) is 0 Å². The van der Waals surface area contributed by atoms with Crippen molar-refractivity contribution in [2.24, 2.45) is 4.99 Å². The summed E-state index contributed by atoms with van der Waals surface area (Å²) in [6.07, 6.45) is 4.92. The van der Waals surface area contributed by atoms with Crippen LogP contribution in [0.25, 0.3) is 0 Å². The third-order valence-electron chi connectivity index (χ3n) is 2.58. The summed E-state index contributed by atoms with van der Waals surface area (Å²) in [6, 6.07) is 3.75. The van der Waals surface area contributed by atoms with Crippen molar-refractivity contribution >= 4 is 5.96 Å². The average Bonchev–Trinajstić information content (AvgIpc) is 3.07. The van der Waals surface area contributed by atoms with Gasteiger partial charge in [0.25, 0.3) is 0 Å². The highest BCUT2D eigenvalue weighted by Crippen LogP contribution is 2.04. The van der Waals surface area contributed by atoms with Crippen LogP contribution in [0.1, 0.15) is 18.2 Å². The van der Waals surface area contributed by atoms with Crippen LogP contribution in [0.3, 0.4) is 0 Å². The molecule has 2 aromatic rings. The van der Waals surface area contributed by atoms with E-state index in [4.69, 9.17) is 8.94 Å². The molecule has 6 nitrogen and oxygen atoms in total. The molecule has 19 heavy (non-hydrogen) atoms. The van der Waals surface area contributed by atoms with E-state index in [2.05, 4.69) is 15.5 Å². The second-order valence-corrected chi connectivity index (χ2v) is 4.15. The molecule has 102 valence electrons. The normalized spacial score (nSPS) is 11.6. The molecule has 6 heteroatoms. The molecule has 0 spiro atoms. The largest absolute Gasteiger partial charge is 0.472 e. The fraction of sp³-hybridized carbons (Fsp3) is 0.385. The standard InChI is InChI=1S/C13H18N4O2/c1-3-14-13(15-8-11-4-6-18-10-11)17(2)9-12-5-7-19-16-12/h4-7,10H,3,8-9H2,1-2H3,(H,14,15). The number of furan rings is 1. The summed E-state index contributed by atoms with van der Waals surface area (Å²) < 4.78 is 9.85. The number of aliphatic imine (C=N–C) groups is 1. The first-order chi connectivity index (χ1) is 9.29. The molecule has 2 heterocycles. The van der Waals surface area contributed by atoms with E-state index >= 15 is 0 Å². The Balaban J connectivity index is 1.99. The predicted octanol–water partition coefficient (Wildman–Crippen LogP) is 1.87. The maximum absolute atomic E-state index is 5.03. The zero-order valence-corrected chi connectivity index (χ0v) is 11.2. The van der Waals surface area contributed by atoms with Gasteiger partial charge in [-0.1, -0.05) is 5.16 Å². The first kappa shape index (κ1) is 13.2. The molecule has 0 radical (unpaired) electrons. The molecule has 0 aliphatic carbocycles. The molecule has 0 amide bonds. The Morgan fingerprint density at radius 3 is 2.95 bits per heavy atom. The van der Waals surface area contributed by atoms with Crippen LogP contribution in [0.2, 0.25) is 0 Å². The van der Waals surface area contributed by atoms with E-state index in [1.807, 2.05) is 31.0 Å². The molecule has 0 fully saturated rings. The molecule has 0 aliphatic heterocycles. The molecule has 0 saturated heterocycles. The van der Waals surface area contributed by atoms with E-state index in [-0.39, 0.29) is 0 Å². The smallest absolute Gasteiger partial charge is 0.194 e. The number of rotatable bonds is 5. The van der Waals surface area contributed by atoms with Gasteiger partial charge < -0.3 is 19.2 Å². The summed E-state index contributed by atoms with van der Waals surface area (Å²) in [6.45, 7) is 4.08. The van der Waals surface area contributed by atoms with Gasteiger partial charge in [0.2, 0.25) is 0 Å². The summed E-state index contributed by atoms with van der Waals surface area (Å²) in [5.41, 5.74) is 1.92. The highest BCUT2D eigenvalue weighted by Gasteiger charge is 2.08. The first-order valence-corrected chi connectivity index (χ1v) is 6.19. The van der Waals surface area contributed by atoms with Crippen LogP contribution in [0.4, 0.5) is 0 Å². The maximum Gasteiger partial charge on any atom is 0.194 e. The minimum atomic E-state index is 0.585. The van der Waals surface area contributed by atoms with E-state index < -0.39 is 0 Å². The number of guanidine groups is 1. The Labute approximate surface area is 112 Å². The van der Waals surface area contributed by atoms with Crippen LogP contribution in [0.5, 0.6) is 0 Å². The van der Waals surface area contributed by atoms with Gasteiger partial charge >= 0.3 is 0 Å². The van der Waals surface area contributed by atoms with E-state index in [1.165, 1.54) is 0 Å². The van der Waals surface area contributed by atoms with Crippen molar-refractivity contribution in [1.82, 2.24) is 15.4 Å². The monoisotopic (exact) mass is 262 g/mol. The molecule has 0 atom stereocenters. The molecule has 2 aromatic heterocycles.